The number of nitrogens with one attached hydrogen (secondary N) is 1. The number of aliphatic hydroxyl groups is 1. The number of nitriles is 1. The Bertz CT molecular complexity index is 548. The molecule has 0 aromatic heterocycles. The summed E-state index contributed by atoms with van der Waals surface area (Å²) in [6, 6.07) is 5.18. The van der Waals surface area contributed by atoms with E-state index in [4.69, 9.17) is 16.1 Å². The quantitative estimate of drug-likeness (QED) is 0.644. The molecule has 1 unspecified atom stereocenters. The summed E-state index contributed by atoms with van der Waals surface area (Å²) >= 11 is 0. The van der Waals surface area contributed by atoms with Gasteiger partial charge in [-0.3, -0.25) is 0 Å². The Morgan fingerprint density at radius 2 is 2.24 bits per heavy atom. The van der Waals surface area contributed by atoms with Crippen LogP contribution in [0.25, 0.3) is 0 Å². The molecule has 4 N–H and O–H groups in total. The van der Waals surface area contributed by atoms with Crippen molar-refractivity contribution in [2.45, 2.75) is 17.9 Å². The first-order valence-corrected chi connectivity index (χ1v) is 6.32. The molecule has 0 saturated heterocycles. The van der Waals surface area contributed by atoms with E-state index >= 15 is 0 Å². The van der Waals surface area contributed by atoms with E-state index < -0.39 is 16.1 Å². The fourth-order valence-corrected chi connectivity index (χ4v) is 2.58. The lowest BCUT2D eigenvalue weighted by atomic mass is 10.2. The normalized spacial score (nSPS) is 13.0. The molecule has 0 radical (unpaired) electrons. The summed E-state index contributed by atoms with van der Waals surface area (Å²) in [5.41, 5.74) is 5.86. The van der Waals surface area contributed by atoms with Crippen LogP contribution >= 0.6 is 0 Å². The molecule has 1 atom stereocenters. The fourth-order valence-electron chi connectivity index (χ4n) is 1.23. The maximum atomic E-state index is 11.8. The molecule has 0 heterocycles. The van der Waals surface area contributed by atoms with Crippen molar-refractivity contribution in [2.24, 2.45) is 0 Å². The molecule has 7 heteroatoms. The molecule has 6 nitrogen and oxygen atoms in total. The summed E-state index contributed by atoms with van der Waals surface area (Å²) < 4.78 is 25.9. The van der Waals surface area contributed by atoms with Gasteiger partial charge in [-0.15, -0.1) is 0 Å². The van der Waals surface area contributed by atoms with Gasteiger partial charge in [-0.25, -0.2) is 13.1 Å². The summed E-state index contributed by atoms with van der Waals surface area (Å²) in [5, 5.41) is 17.4. The van der Waals surface area contributed by atoms with E-state index in [0.29, 0.717) is 0 Å². The minimum Gasteiger partial charge on any atom is -0.398 e. The van der Waals surface area contributed by atoms with Crippen molar-refractivity contribution in [3.8, 4) is 6.07 Å². The first kappa shape index (κ1) is 13.4. The first-order chi connectivity index (χ1) is 7.90. The van der Waals surface area contributed by atoms with Gasteiger partial charge in [-0.1, -0.05) is 0 Å². The molecule has 0 bridgehead atoms. The van der Waals surface area contributed by atoms with Crippen LogP contribution in [0.2, 0.25) is 0 Å². The van der Waals surface area contributed by atoms with Gasteiger partial charge in [0.05, 0.1) is 23.9 Å². The van der Waals surface area contributed by atoms with Crippen molar-refractivity contribution in [1.82, 2.24) is 4.72 Å². The van der Waals surface area contributed by atoms with E-state index in [-0.39, 0.29) is 22.8 Å². The Morgan fingerprint density at radius 3 is 2.71 bits per heavy atom. The molecule has 0 saturated carbocycles. The van der Waals surface area contributed by atoms with Crippen LogP contribution in [0.4, 0.5) is 5.69 Å². The van der Waals surface area contributed by atoms with Crippen molar-refractivity contribution >= 4 is 15.7 Å². The second-order valence-corrected chi connectivity index (χ2v) is 5.25. The predicted molar refractivity (Wildman–Crippen MR) is 62.4 cm³/mol. The Labute approximate surface area is 99.7 Å². The molecule has 0 fully saturated rings. The Kier molecular flexibility index (Phi) is 4.07. The zero-order valence-electron chi connectivity index (χ0n) is 9.21. The fraction of sp³-hybridized carbons (Fsp3) is 0.300. The van der Waals surface area contributed by atoms with Crippen LogP contribution in [-0.4, -0.2) is 26.2 Å². The lowest BCUT2D eigenvalue weighted by molar-refractivity contribution is 0.265. The molecular weight excluding hydrogens is 242 g/mol. The number of hydrogen-bond acceptors (Lipinski definition) is 5. The van der Waals surface area contributed by atoms with Crippen molar-refractivity contribution in [1.29, 1.82) is 5.26 Å². The highest BCUT2D eigenvalue weighted by molar-refractivity contribution is 7.89. The van der Waals surface area contributed by atoms with Crippen LogP contribution in [0.5, 0.6) is 0 Å². The third-order valence-electron chi connectivity index (χ3n) is 2.06. The number of hydrogen-bond donors (Lipinski definition) is 3. The van der Waals surface area contributed by atoms with Crippen molar-refractivity contribution in [3.05, 3.63) is 23.8 Å². The molecule has 0 aliphatic carbocycles. The number of benzene rings is 1. The third kappa shape index (κ3) is 3.17. The first-order valence-electron chi connectivity index (χ1n) is 4.83. The maximum absolute atomic E-state index is 11.8. The third-order valence-corrected chi connectivity index (χ3v) is 3.72. The van der Waals surface area contributed by atoms with E-state index in [2.05, 4.69) is 4.72 Å². The van der Waals surface area contributed by atoms with Gasteiger partial charge >= 0.3 is 0 Å². The molecule has 1 rings (SSSR count). The molecule has 0 spiro atoms. The summed E-state index contributed by atoms with van der Waals surface area (Å²) in [5.74, 6) is 0. The van der Waals surface area contributed by atoms with Crippen LogP contribution in [0.15, 0.2) is 23.1 Å². The zero-order valence-corrected chi connectivity index (χ0v) is 10.0. The second-order valence-electron chi connectivity index (χ2n) is 3.57. The Balaban J connectivity index is 3.13. The average molecular weight is 255 g/mol. The van der Waals surface area contributed by atoms with Gasteiger partial charge in [0, 0.05) is 6.04 Å². The summed E-state index contributed by atoms with van der Waals surface area (Å²) in [4.78, 5) is -0.100. The molecule has 0 aliphatic heterocycles. The lowest BCUT2D eigenvalue weighted by Gasteiger charge is -2.13. The van der Waals surface area contributed by atoms with Gasteiger partial charge in [0.25, 0.3) is 0 Å². The van der Waals surface area contributed by atoms with Crippen LogP contribution in [0.3, 0.4) is 0 Å². The van der Waals surface area contributed by atoms with Crippen LogP contribution in [-0.2, 0) is 10.0 Å². The maximum Gasteiger partial charge on any atom is 0.242 e. The van der Waals surface area contributed by atoms with E-state index in [1.807, 2.05) is 6.07 Å². The minimum absolute atomic E-state index is 0.00156. The molecule has 0 amide bonds. The summed E-state index contributed by atoms with van der Waals surface area (Å²) in [6.07, 6.45) is 0. The summed E-state index contributed by atoms with van der Waals surface area (Å²) in [6.45, 7) is 1.22. The van der Waals surface area contributed by atoms with E-state index in [1.165, 1.54) is 25.1 Å². The van der Waals surface area contributed by atoms with Gasteiger partial charge in [0.15, 0.2) is 0 Å². The monoisotopic (exact) mass is 255 g/mol. The molecule has 1 aromatic carbocycles. The number of nitrogens with zero attached hydrogens (tertiary/aromatic N) is 1. The summed E-state index contributed by atoms with van der Waals surface area (Å²) in [7, 11) is -3.77. The van der Waals surface area contributed by atoms with E-state index in [9.17, 15) is 8.42 Å². The zero-order chi connectivity index (χ0) is 13.1. The van der Waals surface area contributed by atoms with Crippen molar-refractivity contribution in [3.63, 3.8) is 0 Å². The SMILES string of the molecule is CC(CO)NS(=O)(=O)c1ccc(C#N)cc1N. The van der Waals surface area contributed by atoms with Gasteiger partial charge in [0.1, 0.15) is 4.90 Å². The van der Waals surface area contributed by atoms with Gasteiger partial charge in [-0.05, 0) is 25.1 Å². The standard InChI is InChI=1S/C10H13N3O3S/c1-7(6-14)13-17(15,16)10-3-2-8(5-11)4-9(10)12/h2-4,7,13-14H,6,12H2,1H3. The smallest absolute Gasteiger partial charge is 0.242 e. The number of nitrogens with two attached hydrogens (primary N) is 1. The van der Waals surface area contributed by atoms with Gasteiger partial charge in [0.2, 0.25) is 10.0 Å². The van der Waals surface area contributed by atoms with Crippen LogP contribution in [0, 0.1) is 11.3 Å². The molecule has 0 aliphatic rings. The highest BCUT2D eigenvalue weighted by atomic mass is 32.2. The predicted octanol–water partition coefficient (Wildman–Crippen LogP) is -0.200. The topological polar surface area (TPSA) is 116 Å². The average Bonchev–Trinajstić information content (AvgIpc) is 2.27. The number of aliphatic hydroxyl groups excluding tert-OH is 1. The van der Waals surface area contributed by atoms with Gasteiger partial charge < -0.3 is 10.8 Å². The van der Waals surface area contributed by atoms with Crippen LogP contribution in [0.1, 0.15) is 12.5 Å². The molecule has 1 aromatic rings. The van der Waals surface area contributed by atoms with E-state index in [0.717, 1.165) is 0 Å². The Hall–Kier alpha value is -1.62. The molecule has 92 valence electrons. The number of sulfonamides is 1. The number of anilines is 1. The highest BCUT2D eigenvalue weighted by Crippen LogP contribution is 2.19. The molecule has 17 heavy (non-hydrogen) atoms. The van der Waals surface area contributed by atoms with E-state index in [1.54, 1.807) is 0 Å². The number of nitrogen functional groups attached to an aromatic ring is 1. The number of rotatable bonds is 4. The van der Waals surface area contributed by atoms with Crippen molar-refractivity contribution in [2.75, 3.05) is 12.3 Å². The minimum atomic E-state index is -3.77. The van der Waals surface area contributed by atoms with Gasteiger partial charge in [-0.2, -0.15) is 5.26 Å². The highest BCUT2D eigenvalue weighted by Gasteiger charge is 2.19. The molecular formula is C10H13N3O3S. The second kappa shape index (κ2) is 5.14. The lowest BCUT2D eigenvalue weighted by Crippen LogP contribution is -2.35. The largest absolute Gasteiger partial charge is 0.398 e. The Morgan fingerprint density at radius 1 is 1.59 bits per heavy atom. The van der Waals surface area contributed by atoms with Crippen LogP contribution < -0.4 is 10.5 Å². The van der Waals surface area contributed by atoms with Crippen molar-refractivity contribution < 1.29 is 13.5 Å².